The molecule has 16 heteroatoms. The SMILES string of the molecule is CCOc1c(CC(=O)NC2(C)CC2)cc([C@@](O)(CNC(=O)c2cc(OC)c3nn(C4CC4)cc3c2)C(F)(F)F)nc1-c1cc(Cl)c(F)cc1F. The lowest BCUT2D eigenvalue weighted by atomic mass is 9.93. The Morgan fingerprint density at radius 1 is 1.12 bits per heavy atom. The zero-order valence-corrected chi connectivity index (χ0v) is 27.9. The molecule has 6 rings (SSSR count). The molecule has 2 aliphatic carbocycles. The predicted octanol–water partition coefficient (Wildman–Crippen LogP) is 6.16. The zero-order chi connectivity index (χ0) is 36.2. The van der Waals surface area contributed by atoms with Crippen LogP contribution in [0.5, 0.6) is 11.5 Å². The maximum absolute atomic E-state index is 15.3. The third kappa shape index (κ3) is 6.93. The van der Waals surface area contributed by atoms with Crippen molar-refractivity contribution in [2.24, 2.45) is 0 Å². The van der Waals surface area contributed by atoms with Crippen LogP contribution in [0.1, 0.15) is 67.2 Å². The number of carbonyl (C=O) groups is 2. The van der Waals surface area contributed by atoms with Crippen LogP contribution in [0.2, 0.25) is 5.02 Å². The molecular formula is C34H33ClF5N5O5. The van der Waals surface area contributed by atoms with Gasteiger partial charge in [0.15, 0.2) is 0 Å². The minimum Gasteiger partial charge on any atom is -0.494 e. The molecule has 2 aromatic heterocycles. The van der Waals surface area contributed by atoms with E-state index in [2.05, 4.69) is 20.7 Å². The second-order valence-corrected chi connectivity index (χ2v) is 13.2. The lowest BCUT2D eigenvalue weighted by Gasteiger charge is -2.31. The van der Waals surface area contributed by atoms with E-state index in [9.17, 15) is 32.3 Å². The number of hydrogen-bond acceptors (Lipinski definition) is 7. The van der Waals surface area contributed by atoms with Crippen molar-refractivity contribution in [1.82, 2.24) is 25.4 Å². The van der Waals surface area contributed by atoms with Crippen molar-refractivity contribution in [1.29, 1.82) is 0 Å². The van der Waals surface area contributed by atoms with Gasteiger partial charge in [0.1, 0.15) is 34.3 Å². The van der Waals surface area contributed by atoms with Crippen LogP contribution < -0.4 is 20.1 Å². The normalized spacial score (nSPS) is 16.5. The molecule has 10 nitrogen and oxygen atoms in total. The van der Waals surface area contributed by atoms with Crippen LogP contribution >= 0.6 is 11.6 Å². The van der Waals surface area contributed by atoms with Crippen molar-refractivity contribution < 1.29 is 46.1 Å². The van der Waals surface area contributed by atoms with E-state index in [4.69, 9.17) is 21.1 Å². The molecule has 2 fully saturated rings. The number of amides is 2. The number of nitrogens with one attached hydrogen (secondary N) is 2. The van der Waals surface area contributed by atoms with E-state index in [1.807, 2.05) is 0 Å². The molecule has 0 aliphatic heterocycles. The summed E-state index contributed by atoms with van der Waals surface area (Å²) in [5.41, 5.74) is -6.33. The van der Waals surface area contributed by atoms with Crippen molar-refractivity contribution in [2.45, 2.75) is 69.3 Å². The fraction of sp³-hybridized carbons (Fsp3) is 0.412. The second-order valence-electron chi connectivity index (χ2n) is 12.8. The van der Waals surface area contributed by atoms with Crippen molar-refractivity contribution in [3.05, 3.63) is 70.0 Å². The van der Waals surface area contributed by atoms with Crippen LogP contribution in [0.4, 0.5) is 22.0 Å². The Labute approximate surface area is 287 Å². The van der Waals surface area contributed by atoms with E-state index in [0.29, 0.717) is 29.8 Å². The summed E-state index contributed by atoms with van der Waals surface area (Å²) < 4.78 is 87.0. The summed E-state index contributed by atoms with van der Waals surface area (Å²) in [6.07, 6.45) is -1.03. The smallest absolute Gasteiger partial charge is 0.424 e. The third-order valence-corrected chi connectivity index (χ3v) is 9.08. The summed E-state index contributed by atoms with van der Waals surface area (Å²) in [6.45, 7) is 1.83. The number of hydrogen-bond donors (Lipinski definition) is 3. The van der Waals surface area contributed by atoms with Crippen molar-refractivity contribution in [3.8, 4) is 22.8 Å². The monoisotopic (exact) mass is 721 g/mol. The Balaban J connectivity index is 1.41. The zero-order valence-electron chi connectivity index (χ0n) is 27.2. The summed E-state index contributed by atoms with van der Waals surface area (Å²) >= 11 is 5.93. The fourth-order valence-electron chi connectivity index (χ4n) is 5.57. The molecule has 0 spiro atoms. The van der Waals surface area contributed by atoms with Crippen molar-refractivity contribution >= 4 is 34.3 Å². The van der Waals surface area contributed by atoms with Gasteiger partial charge in [-0.05, 0) is 63.8 Å². The summed E-state index contributed by atoms with van der Waals surface area (Å²) in [4.78, 5) is 30.4. The molecule has 4 aromatic rings. The summed E-state index contributed by atoms with van der Waals surface area (Å²) in [5, 5.41) is 20.8. The molecule has 266 valence electrons. The number of benzene rings is 2. The van der Waals surface area contributed by atoms with Gasteiger partial charge in [-0.3, -0.25) is 14.3 Å². The van der Waals surface area contributed by atoms with Gasteiger partial charge in [0.2, 0.25) is 11.5 Å². The van der Waals surface area contributed by atoms with E-state index in [1.165, 1.54) is 19.2 Å². The average molecular weight is 722 g/mol. The quantitative estimate of drug-likeness (QED) is 0.118. The highest BCUT2D eigenvalue weighted by Gasteiger charge is 2.57. The highest BCUT2D eigenvalue weighted by Crippen LogP contribution is 2.43. The summed E-state index contributed by atoms with van der Waals surface area (Å²) in [6, 6.07) is 5.05. The molecule has 2 aliphatic rings. The first-order valence-corrected chi connectivity index (χ1v) is 16.2. The highest BCUT2D eigenvalue weighted by molar-refractivity contribution is 6.31. The molecule has 0 radical (unpaired) electrons. The van der Waals surface area contributed by atoms with E-state index < -0.39 is 75.7 Å². The first kappa shape index (κ1) is 35.3. The molecule has 2 amide bonds. The minimum atomic E-state index is -5.47. The van der Waals surface area contributed by atoms with Crippen LogP contribution in [0.3, 0.4) is 0 Å². The second kappa shape index (κ2) is 13.0. The number of rotatable bonds is 12. The van der Waals surface area contributed by atoms with Crippen LogP contribution in [0.15, 0.2) is 36.5 Å². The van der Waals surface area contributed by atoms with Gasteiger partial charge in [0.05, 0.1) is 43.4 Å². The van der Waals surface area contributed by atoms with Crippen molar-refractivity contribution in [3.63, 3.8) is 0 Å². The van der Waals surface area contributed by atoms with Gasteiger partial charge in [0, 0.05) is 39.9 Å². The van der Waals surface area contributed by atoms with Gasteiger partial charge in [0.25, 0.3) is 5.91 Å². The summed E-state index contributed by atoms with van der Waals surface area (Å²) in [7, 11) is 1.37. The number of aromatic nitrogens is 3. The molecule has 0 saturated heterocycles. The molecular weight excluding hydrogens is 689 g/mol. The largest absolute Gasteiger partial charge is 0.494 e. The number of aliphatic hydroxyl groups is 1. The molecule has 2 aromatic carbocycles. The highest BCUT2D eigenvalue weighted by atomic mass is 35.5. The Bertz CT molecular complexity index is 2000. The van der Waals surface area contributed by atoms with Gasteiger partial charge >= 0.3 is 6.18 Å². The standard InChI is InChI=1S/C34H33ClF5N5O5/c1-4-50-30-17(12-27(46)43-32(2)7-8-32)11-26(42-29(30)21-13-22(35)24(37)14-23(21)36)33(48,34(38,39)40)16-41-31(47)18-9-19-15-45(20-5-6-20)44-28(19)25(10-18)49-3/h9-11,13-15,20,48H,4-8,12,16H2,1-3H3,(H,41,47)(H,43,46)/t33-/m0/s1. The number of ether oxygens (including phenoxy) is 2. The first-order chi connectivity index (χ1) is 23.6. The number of carbonyl (C=O) groups excluding carboxylic acids is 2. The topological polar surface area (TPSA) is 128 Å². The Morgan fingerprint density at radius 3 is 2.46 bits per heavy atom. The number of alkyl halides is 3. The fourth-order valence-corrected chi connectivity index (χ4v) is 5.73. The van der Waals surface area contributed by atoms with Gasteiger partial charge in [-0.2, -0.15) is 18.3 Å². The van der Waals surface area contributed by atoms with E-state index in [1.54, 1.807) is 24.7 Å². The first-order valence-electron chi connectivity index (χ1n) is 15.8. The van der Waals surface area contributed by atoms with E-state index >= 15 is 4.39 Å². The molecule has 0 unspecified atom stereocenters. The number of halogens is 6. The molecule has 2 heterocycles. The van der Waals surface area contributed by atoms with Crippen LogP contribution in [0.25, 0.3) is 22.2 Å². The van der Waals surface area contributed by atoms with Crippen LogP contribution in [0, 0.1) is 11.6 Å². The van der Waals surface area contributed by atoms with E-state index in [-0.39, 0.29) is 35.3 Å². The number of pyridine rings is 1. The lowest BCUT2D eigenvalue weighted by Crippen LogP contribution is -2.51. The Hall–Kier alpha value is -4.50. The van der Waals surface area contributed by atoms with Crippen LogP contribution in [-0.4, -0.2) is 63.7 Å². The molecule has 2 saturated carbocycles. The molecule has 50 heavy (non-hydrogen) atoms. The maximum atomic E-state index is 15.3. The molecule has 1 atom stereocenters. The summed E-state index contributed by atoms with van der Waals surface area (Å²) in [5.74, 6) is -3.98. The van der Waals surface area contributed by atoms with Crippen molar-refractivity contribution in [2.75, 3.05) is 20.3 Å². The van der Waals surface area contributed by atoms with Gasteiger partial charge < -0.3 is 25.2 Å². The number of nitrogens with zero attached hydrogens (tertiary/aromatic N) is 3. The molecule has 0 bridgehead atoms. The average Bonchev–Trinajstić information content (AvgIpc) is 3.99. The molecule has 3 N–H and O–H groups in total. The number of fused-ring (bicyclic) bond motifs is 1. The lowest BCUT2D eigenvalue weighted by molar-refractivity contribution is -0.265. The number of methoxy groups -OCH3 is 1. The van der Waals surface area contributed by atoms with E-state index in [0.717, 1.165) is 25.0 Å². The van der Waals surface area contributed by atoms with Gasteiger partial charge in [-0.15, -0.1) is 0 Å². The Kier molecular flexibility index (Phi) is 9.18. The minimum absolute atomic E-state index is 0.0662. The van der Waals surface area contributed by atoms with Crippen LogP contribution in [-0.2, 0) is 16.8 Å². The third-order valence-electron chi connectivity index (χ3n) is 8.79. The van der Waals surface area contributed by atoms with Gasteiger partial charge in [-0.25, -0.2) is 13.8 Å². The predicted molar refractivity (Wildman–Crippen MR) is 172 cm³/mol. The van der Waals surface area contributed by atoms with Gasteiger partial charge in [-0.1, -0.05) is 11.6 Å². The Morgan fingerprint density at radius 2 is 1.84 bits per heavy atom. The maximum Gasteiger partial charge on any atom is 0.424 e.